The second-order valence-corrected chi connectivity index (χ2v) is 4.26. The van der Waals surface area contributed by atoms with Crippen molar-refractivity contribution in [2.24, 2.45) is 0 Å². The molecule has 0 saturated heterocycles. The molecule has 0 amide bonds. The number of alkyl halides is 3. The number of fused-ring (bicyclic) bond motifs is 1. The third-order valence-corrected chi connectivity index (χ3v) is 2.68. The van der Waals surface area contributed by atoms with Gasteiger partial charge in [-0.25, -0.2) is 0 Å². The van der Waals surface area contributed by atoms with E-state index in [-0.39, 0.29) is 11.3 Å². The van der Waals surface area contributed by atoms with E-state index < -0.39 is 11.7 Å². The van der Waals surface area contributed by atoms with Gasteiger partial charge >= 0.3 is 6.18 Å². The zero-order chi connectivity index (χ0) is 12.6. The first kappa shape index (κ1) is 11.9. The fourth-order valence-corrected chi connectivity index (χ4v) is 1.90. The van der Waals surface area contributed by atoms with E-state index in [1.807, 2.05) is 13.8 Å². The van der Waals surface area contributed by atoms with E-state index >= 15 is 0 Å². The van der Waals surface area contributed by atoms with Crippen molar-refractivity contribution >= 4 is 10.8 Å². The van der Waals surface area contributed by atoms with Gasteiger partial charge in [0.05, 0.1) is 11.3 Å². The highest BCUT2D eigenvalue weighted by Gasteiger charge is 2.33. The van der Waals surface area contributed by atoms with Gasteiger partial charge in [0.2, 0.25) is 0 Å². The van der Waals surface area contributed by atoms with Crippen LogP contribution in [0.2, 0.25) is 0 Å². The quantitative estimate of drug-likeness (QED) is 0.719. The molecular weight excluding hydrogens is 227 g/mol. The summed E-state index contributed by atoms with van der Waals surface area (Å²) in [5, 5.41) is 0.802. The van der Waals surface area contributed by atoms with Crippen LogP contribution in [0.15, 0.2) is 30.5 Å². The fourth-order valence-electron chi connectivity index (χ4n) is 1.90. The summed E-state index contributed by atoms with van der Waals surface area (Å²) >= 11 is 0. The molecule has 0 spiro atoms. The molecule has 1 nitrogen and oxygen atoms in total. The Morgan fingerprint density at radius 1 is 1.06 bits per heavy atom. The standard InChI is InChI=1S/C13H12F3N/c1-8(2)12-10-6-4-3-5-9(10)11(7-17-12)13(14,15)16/h3-8H,1-2H3. The first-order valence-corrected chi connectivity index (χ1v) is 5.36. The van der Waals surface area contributed by atoms with Crippen LogP contribution in [0, 0.1) is 0 Å². The highest BCUT2D eigenvalue weighted by atomic mass is 19.4. The number of pyridine rings is 1. The van der Waals surface area contributed by atoms with Crippen LogP contribution in [0.5, 0.6) is 0 Å². The molecule has 0 N–H and O–H groups in total. The third-order valence-electron chi connectivity index (χ3n) is 2.68. The lowest BCUT2D eigenvalue weighted by atomic mass is 9.99. The van der Waals surface area contributed by atoms with Gasteiger partial charge in [0.1, 0.15) is 0 Å². The van der Waals surface area contributed by atoms with Gasteiger partial charge in [-0.05, 0) is 11.3 Å². The minimum Gasteiger partial charge on any atom is -0.260 e. The molecule has 0 aliphatic rings. The smallest absolute Gasteiger partial charge is 0.260 e. The van der Waals surface area contributed by atoms with Crippen molar-refractivity contribution in [2.45, 2.75) is 25.9 Å². The molecule has 0 saturated carbocycles. The number of benzene rings is 1. The molecule has 0 aliphatic carbocycles. The summed E-state index contributed by atoms with van der Waals surface area (Å²) in [4.78, 5) is 3.95. The van der Waals surface area contributed by atoms with Crippen LogP contribution < -0.4 is 0 Å². The number of nitrogens with zero attached hydrogens (tertiary/aromatic N) is 1. The fraction of sp³-hybridized carbons (Fsp3) is 0.308. The maximum atomic E-state index is 12.8. The van der Waals surface area contributed by atoms with Gasteiger partial charge in [-0.2, -0.15) is 13.2 Å². The van der Waals surface area contributed by atoms with Crippen molar-refractivity contribution in [3.63, 3.8) is 0 Å². The summed E-state index contributed by atoms with van der Waals surface area (Å²) in [5.41, 5.74) is 0.0334. The highest BCUT2D eigenvalue weighted by molar-refractivity contribution is 5.88. The summed E-state index contributed by atoms with van der Waals surface area (Å²) < 4.78 is 38.4. The molecule has 1 aromatic carbocycles. The summed E-state index contributed by atoms with van der Waals surface area (Å²) in [6, 6.07) is 6.52. The summed E-state index contributed by atoms with van der Waals surface area (Å²) in [5.74, 6) is 0.0992. The van der Waals surface area contributed by atoms with Crippen molar-refractivity contribution in [1.82, 2.24) is 4.98 Å². The number of halogens is 3. The molecule has 2 rings (SSSR count). The summed E-state index contributed by atoms with van der Waals surface area (Å²) in [6.45, 7) is 3.84. The summed E-state index contributed by atoms with van der Waals surface area (Å²) in [7, 11) is 0. The van der Waals surface area contributed by atoms with Crippen molar-refractivity contribution in [3.05, 3.63) is 41.7 Å². The van der Waals surface area contributed by atoms with Crippen LogP contribution in [0.4, 0.5) is 13.2 Å². The van der Waals surface area contributed by atoms with Crippen LogP contribution >= 0.6 is 0 Å². The molecule has 0 atom stereocenters. The van der Waals surface area contributed by atoms with Crippen LogP contribution in [0.3, 0.4) is 0 Å². The lowest BCUT2D eigenvalue weighted by Gasteiger charge is -2.14. The van der Waals surface area contributed by atoms with Crippen LogP contribution in [-0.2, 0) is 6.18 Å². The first-order chi connectivity index (χ1) is 7.91. The van der Waals surface area contributed by atoms with Gasteiger partial charge in [-0.1, -0.05) is 38.1 Å². The monoisotopic (exact) mass is 239 g/mol. The zero-order valence-electron chi connectivity index (χ0n) is 9.55. The normalized spacial score (nSPS) is 12.4. The lowest BCUT2D eigenvalue weighted by Crippen LogP contribution is -2.08. The van der Waals surface area contributed by atoms with Crippen molar-refractivity contribution in [1.29, 1.82) is 0 Å². The maximum absolute atomic E-state index is 12.8. The van der Waals surface area contributed by atoms with Crippen LogP contribution in [0.25, 0.3) is 10.8 Å². The minimum atomic E-state index is -4.36. The molecule has 1 aromatic heterocycles. The lowest BCUT2D eigenvalue weighted by molar-refractivity contribution is -0.136. The predicted molar refractivity (Wildman–Crippen MR) is 60.8 cm³/mol. The second-order valence-electron chi connectivity index (χ2n) is 4.26. The number of rotatable bonds is 1. The summed E-state index contributed by atoms with van der Waals surface area (Å²) in [6.07, 6.45) is -3.43. The minimum absolute atomic E-state index is 0.0992. The molecule has 1 heterocycles. The molecule has 0 fully saturated rings. The van der Waals surface area contributed by atoms with E-state index in [1.165, 1.54) is 6.07 Å². The maximum Gasteiger partial charge on any atom is 0.418 e. The molecule has 17 heavy (non-hydrogen) atoms. The van der Waals surface area contributed by atoms with Gasteiger partial charge in [-0.15, -0.1) is 0 Å². The average Bonchev–Trinajstić information content (AvgIpc) is 2.26. The average molecular weight is 239 g/mol. The number of hydrogen-bond acceptors (Lipinski definition) is 1. The highest BCUT2D eigenvalue weighted by Crippen LogP contribution is 2.36. The van der Waals surface area contributed by atoms with Crippen molar-refractivity contribution in [2.75, 3.05) is 0 Å². The zero-order valence-corrected chi connectivity index (χ0v) is 9.55. The Bertz CT molecular complexity index is 544. The topological polar surface area (TPSA) is 12.9 Å². The molecular formula is C13H12F3N. The Balaban J connectivity index is 2.80. The van der Waals surface area contributed by atoms with E-state index in [2.05, 4.69) is 4.98 Å². The van der Waals surface area contributed by atoms with Gasteiger partial charge in [0, 0.05) is 11.6 Å². The molecule has 0 unspecified atom stereocenters. The number of aromatic nitrogens is 1. The Morgan fingerprint density at radius 2 is 1.65 bits per heavy atom. The molecule has 90 valence electrons. The van der Waals surface area contributed by atoms with Gasteiger partial charge < -0.3 is 0 Å². The first-order valence-electron chi connectivity index (χ1n) is 5.36. The molecule has 0 bridgehead atoms. The van der Waals surface area contributed by atoms with E-state index in [0.29, 0.717) is 11.1 Å². The molecule has 4 heteroatoms. The second kappa shape index (κ2) is 4.02. The molecule has 0 aliphatic heterocycles. The van der Waals surface area contributed by atoms with Gasteiger partial charge in [0.15, 0.2) is 0 Å². The third kappa shape index (κ3) is 2.12. The van der Waals surface area contributed by atoms with Gasteiger partial charge in [-0.3, -0.25) is 4.98 Å². The molecule has 2 aromatic rings. The van der Waals surface area contributed by atoms with E-state index in [1.54, 1.807) is 18.2 Å². The predicted octanol–water partition coefficient (Wildman–Crippen LogP) is 4.38. The van der Waals surface area contributed by atoms with E-state index in [9.17, 15) is 13.2 Å². The Hall–Kier alpha value is -1.58. The Morgan fingerprint density at radius 3 is 2.18 bits per heavy atom. The Labute approximate surface area is 97.3 Å². The van der Waals surface area contributed by atoms with Crippen molar-refractivity contribution in [3.8, 4) is 0 Å². The van der Waals surface area contributed by atoms with E-state index in [4.69, 9.17) is 0 Å². The van der Waals surface area contributed by atoms with Crippen LogP contribution in [0.1, 0.15) is 31.0 Å². The molecule has 0 radical (unpaired) electrons. The van der Waals surface area contributed by atoms with Crippen molar-refractivity contribution < 1.29 is 13.2 Å². The number of hydrogen-bond donors (Lipinski definition) is 0. The largest absolute Gasteiger partial charge is 0.418 e. The Kier molecular flexibility index (Phi) is 2.81. The SMILES string of the molecule is CC(C)c1ncc(C(F)(F)F)c2ccccc12. The van der Waals surface area contributed by atoms with Gasteiger partial charge in [0.25, 0.3) is 0 Å². The van der Waals surface area contributed by atoms with E-state index in [0.717, 1.165) is 6.20 Å². The van der Waals surface area contributed by atoms with Crippen LogP contribution in [-0.4, -0.2) is 4.98 Å².